The predicted octanol–water partition coefficient (Wildman–Crippen LogP) is 1.20. The topological polar surface area (TPSA) is 88.2 Å². The highest BCUT2D eigenvalue weighted by Crippen LogP contribution is 2.07. The Balaban J connectivity index is 0.00000256. The Morgan fingerprint density at radius 2 is 2.12 bits per heavy atom. The van der Waals surface area contributed by atoms with Crippen LogP contribution in [0.15, 0.2) is 30.3 Å². The summed E-state index contributed by atoms with van der Waals surface area (Å²) in [4.78, 5) is 15.3. The molecule has 0 atom stereocenters. The Kier molecular flexibility index (Phi) is 6.35. The lowest BCUT2D eigenvalue weighted by atomic mass is 10.2. The summed E-state index contributed by atoms with van der Waals surface area (Å²) in [5.41, 5.74) is 7.01. The van der Waals surface area contributed by atoms with Crippen molar-refractivity contribution < 1.29 is 14.0 Å². The SMILES string of the molecule is Cl.N=C(N)NOC(=O)/C=C/c1ccccc1F. The molecule has 1 rings (SSSR count). The molecule has 17 heavy (non-hydrogen) atoms. The van der Waals surface area contributed by atoms with Gasteiger partial charge in [0.15, 0.2) is 0 Å². The molecule has 0 unspecified atom stereocenters. The normalized spacial score (nSPS) is 9.47. The van der Waals surface area contributed by atoms with Gasteiger partial charge >= 0.3 is 5.97 Å². The second kappa shape index (κ2) is 7.24. The van der Waals surface area contributed by atoms with Crippen molar-refractivity contribution in [2.45, 2.75) is 0 Å². The molecule has 0 aliphatic carbocycles. The van der Waals surface area contributed by atoms with Crippen LogP contribution in [-0.2, 0) is 9.63 Å². The number of rotatable bonds is 2. The first kappa shape index (κ1) is 14.9. The van der Waals surface area contributed by atoms with E-state index in [-0.39, 0.29) is 18.0 Å². The van der Waals surface area contributed by atoms with Crippen LogP contribution in [0.4, 0.5) is 4.39 Å². The van der Waals surface area contributed by atoms with E-state index in [1.54, 1.807) is 12.1 Å². The van der Waals surface area contributed by atoms with Crippen LogP contribution in [0.3, 0.4) is 0 Å². The van der Waals surface area contributed by atoms with E-state index in [1.165, 1.54) is 18.2 Å². The molecule has 0 aliphatic heterocycles. The van der Waals surface area contributed by atoms with Crippen LogP contribution in [0.5, 0.6) is 0 Å². The summed E-state index contributed by atoms with van der Waals surface area (Å²) in [7, 11) is 0. The summed E-state index contributed by atoms with van der Waals surface area (Å²) in [6, 6.07) is 5.97. The predicted molar refractivity (Wildman–Crippen MR) is 63.8 cm³/mol. The smallest absolute Gasteiger partial charge is 0.355 e. The van der Waals surface area contributed by atoms with E-state index >= 15 is 0 Å². The standard InChI is InChI=1S/C10H10FN3O2.ClH/c11-8-4-2-1-3-7(8)5-6-9(15)16-14-10(12)13;/h1-6H,(H4,12,13,14);1H/b6-5+;. The molecule has 0 aromatic heterocycles. The highest BCUT2D eigenvalue weighted by atomic mass is 35.5. The Hall–Kier alpha value is -2.08. The molecule has 0 saturated carbocycles. The zero-order chi connectivity index (χ0) is 12.0. The fourth-order valence-electron chi connectivity index (χ4n) is 0.907. The molecule has 5 nitrogen and oxygen atoms in total. The average molecular weight is 260 g/mol. The first-order valence-corrected chi connectivity index (χ1v) is 4.33. The first-order chi connectivity index (χ1) is 7.59. The van der Waals surface area contributed by atoms with Crippen molar-refractivity contribution in [1.29, 1.82) is 5.41 Å². The Bertz CT molecular complexity index is 437. The van der Waals surface area contributed by atoms with Gasteiger partial charge in [-0.1, -0.05) is 18.2 Å². The zero-order valence-corrected chi connectivity index (χ0v) is 9.46. The maximum Gasteiger partial charge on any atom is 0.355 e. The van der Waals surface area contributed by atoms with Crippen LogP contribution < -0.4 is 11.2 Å². The minimum atomic E-state index is -0.779. The molecular weight excluding hydrogens is 249 g/mol. The lowest BCUT2D eigenvalue weighted by molar-refractivity contribution is -0.141. The lowest BCUT2D eigenvalue weighted by Gasteiger charge is -2.00. The molecular formula is C10H11ClFN3O2. The second-order valence-electron chi connectivity index (χ2n) is 2.79. The van der Waals surface area contributed by atoms with E-state index in [4.69, 9.17) is 11.1 Å². The number of carbonyl (C=O) groups is 1. The number of benzene rings is 1. The van der Waals surface area contributed by atoms with Gasteiger partial charge in [0.25, 0.3) is 0 Å². The molecule has 1 aromatic carbocycles. The van der Waals surface area contributed by atoms with E-state index in [1.807, 2.05) is 5.48 Å². The van der Waals surface area contributed by atoms with Crippen molar-refractivity contribution in [3.8, 4) is 0 Å². The van der Waals surface area contributed by atoms with Crippen molar-refractivity contribution in [1.82, 2.24) is 5.48 Å². The number of halogens is 2. The minimum Gasteiger partial charge on any atom is -0.368 e. The van der Waals surface area contributed by atoms with Gasteiger partial charge in [-0.2, -0.15) is 5.48 Å². The van der Waals surface area contributed by atoms with E-state index < -0.39 is 17.7 Å². The van der Waals surface area contributed by atoms with Crippen LogP contribution in [-0.4, -0.2) is 11.9 Å². The number of guanidine groups is 1. The van der Waals surface area contributed by atoms with Gasteiger partial charge in [-0.15, -0.1) is 12.4 Å². The molecule has 92 valence electrons. The van der Waals surface area contributed by atoms with Crippen molar-refractivity contribution in [2.24, 2.45) is 5.73 Å². The molecule has 0 radical (unpaired) electrons. The monoisotopic (exact) mass is 259 g/mol. The number of nitrogens with one attached hydrogen (secondary N) is 2. The summed E-state index contributed by atoms with van der Waals surface area (Å²) < 4.78 is 13.1. The van der Waals surface area contributed by atoms with Crippen LogP contribution >= 0.6 is 12.4 Å². The Labute approximate surface area is 103 Å². The molecule has 0 heterocycles. The number of hydrogen-bond donors (Lipinski definition) is 3. The average Bonchev–Trinajstić information content (AvgIpc) is 2.25. The molecule has 0 spiro atoms. The quantitative estimate of drug-likeness (QED) is 0.322. The molecule has 7 heteroatoms. The molecule has 0 saturated heterocycles. The van der Waals surface area contributed by atoms with Crippen LogP contribution in [0, 0.1) is 11.2 Å². The van der Waals surface area contributed by atoms with Gasteiger partial charge in [-0.25, -0.2) is 9.18 Å². The summed E-state index contributed by atoms with van der Waals surface area (Å²) in [6.07, 6.45) is 2.29. The van der Waals surface area contributed by atoms with E-state index in [9.17, 15) is 9.18 Å². The molecule has 0 amide bonds. The number of nitrogens with two attached hydrogens (primary N) is 1. The largest absolute Gasteiger partial charge is 0.368 e. The van der Waals surface area contributed by atoms with Gasteiger partial charge in [0.2, 0.25) is 5.96 Å². The molecule has 4 N–H and O–H groups in total. The second-order valence-corrected chi connectivity index (χ2v) is 2.79. The van der Waals surface area contributed by atoms with Crippen molar-refractivity contribution >= 4 is 30.4 Å². The summed E-state index contributed by atoms with van der Waals surface area (Å²) in [5.74, 6) is -1.71. The third-order valence-corrected chi connectivity index (χ3v) is 1.57. The first-order valence-electron chi connectivity index (χ1n) is 4.33. The van der Waals surface area contributed by atoms with Gasteiger partial charge in [-0.05, 0) is 12.1 Å². The number of hydroxylamine groups is 1. The summed E-state index contributed by atoms with van der Waals surface area (Å²) >= 11 is 0. The number of carbonyl (C=O) groups excluding carboxylic acids is 1. The van der Waals surface area contributed by atoms with Crippen molar-refractivity contribution in [3.05, 3.63) is 41.7 Å². The third kappa shape index (κ3) is 5.53. The fourth-order valence-corrected chi connectivity index (χ4v) is 0.907. The van der Waals surface area contributed by atoms with Gasteiger partial charge in [0.1, 0.15) is 5.82 Å². The van der Waals surface area contributed by atoms with Gasteiger partial charge in [0, 0.05) is 11.6 Å². The van der Waals surface area contributed by atoms with Gasteiger partial charge in [-0.3, -0.25) is 5.41 Å². The fraction of sp³-hybridized carbons (Fsp3) is 0. The maximum atomic E-state index is 13.1. The van der Waals surface area contributed by atoms with Gasteiger partial charge in [0.05, 0.1) is 0 Å². The van der Waals surface area contributed by atoms with Crippen LogP contribution in [0.25, 0.3) is 6.08 Å². The number of hydrogen-bond acceptors (Lipinski definition) is 3. The van der Waals surface area contributed by atoms with E-state index in [2.05, 4.69) is 4.84 Å². The lowest BCUT2D eigenvalue weighted by Crippen LogP contribution is -2.32. The van der Waals surface area contributed by atoms with E-state index in [0.29, 0.717) is 0 Å². The van der Waals surface area contributed by atoms with Crippen LogP contribution in [0.1, 0.15) is 5.56 Å². The molecule has 0 fully saturated rings. The Morgan fingerprint density at radius 3 is 2.71 bits per heavy atom. The van der Waals surface area contributed by atoms with Crippen molar-refractivity contribution in [2.75, 3.05) is 0 Å². The van der Waals surface area contributed by atoms with Gasteiger partial charge < -0.3 is 10.6 Å². The summed E-state index contributed by atoms with van der Waals surface area (Å²) in [5, 5.41) is 6.72. The summed E-state index contributed by atoms with van der Waals surface area (Å²) in [6.45, 7) is 0. The van der Waals surface area contributed by atoms with E-state index in [0.717, 1.165) is 6.08 Å². The highest BCUT2D eigenvalue weighted by molar-refractivity contribution is 5.88. The zero-order valence-electron chi connectivity index (χ0n) is 8.64. The molecule has 0 bridgehead atoms. The molecule has 1 aromatic rings. The minimum absolute atomic E-state index is 0. The van der Waals surface area contributed by atoms with Crippen molar-refractivity contribution in [3.63, 3.8) is 0 Å². The third-order valence-electron chi connectivity index (χ3n) is 1.57. The Morgan fingerprint density at radius 1 is 1.47 bits per heavy atom. The maximum absolute atomic E-state index is 13.1. The molecule has 0 aliphatic rings. The van der Waals surface area contributed by atoms with Crippen LogP contribution in [0.2, 0.25) is 0 Å². The highest BCUT2D eigenvalue weighted by Gasteiger charge is 1.99.